The zero-order valence-electron chi connectivity index (χ0n) is 17.6. The number of halogens is 2. The number of nitrogens with one attached hydrogen (secondary N) is 2. The molecule has 1 amide bonds. The number of carbonyl (C=O) groups excluding carboxylic acids is 1. The Hall–Kier alpha value is -3.44. The number of alkyl halides is 2. The summed E-state index contributed by atoms with van der Waals surface area (Å²) in [6.07, 6.45) is 1.81. The molecule has 1 aromatic heterocycles. The van der Waals surface area contributed by atoms with E-state index in [0.717, 1.165) is 0 Å². The Kier molecular flexibility index (Phi) is 8.01. The summed E-state index contributed by atoms with van der Waals surface area (Å²) in [7, 11) is -2.42. The molecule has 0 atom stereocenters. The van der Waals surface area contributed by atoms with E-state index < -0.39 is 22.5 Å². The maximum Gasteiger partial charge on any atom is 0.387 e. The third-order valence-corrected chi connectivity index (χ3v) is 6.00. The highest BCUT2D eigenvalue weighted by Crippen LogP contribution is 2.29. The molecule has 0 saturated heterocycles. The highest BCUT2D eigenvalue weighted by atomic mass is 32.2. The van der Waals surface area contributed by atoms with E-state index in [1.165, 1.54) is 49.8 Å². The van der Waals surface area contributed by atoms with Crippen LogP contribution in [0.25, 0.3) is 0 Å². The van der Waals surface area contributed by atoms with Gasteiger partial charge in [0, 0.05) is 12.1 Å². The van der Waals surface area contributed by atoms with Crippen molar-refractivity contribution in [3.63, 3.8) is 0 Å². The fourth-order valence-corrected chi connectivity index (χ4v) is 3.93. The van der Waals surface area contributed by atoms with Crippen molar-refractivity contribution >= 4 is 15.9 Å². The van der Waals surface area contributed by atoms with Gasteiger partial charge in [0.05, 0.1) is 24.8 Å². The summed E-state index contributed by atoms with van der Waals surface area (Å²) in [5.74, 6) is 0.157. The van der Waals surface area contributed by atoms with E-state index in [-0.39, 0.29) is 35.0 Å². The number of benzene rings is 2. The van der Waals surface area contributed by atoms with Crippen molar-refractivity contribution in [3.8, 4) is 11.5 Å². The zero-order chi connectivity index (χ0) is 23.8. The molecule has 33 heavy (non-hydrogen) atoms. The number of hydrogen-bond donors (Lipinski definition) is 2. The summed E-state index contributed by atoms with van der Waals surface area (Å²) in [6.45, 7) is -2.75. The molecule has 0 aliphatic rings. The molecule has 2 aromatic carbocycles. The zero-order valence-corrected chi connectivity index (χ0v) is 18.4. The Morgan fingerprint density at radius 1 is 1.09 bits per heavy atom. The number of ether oxygens (including phenoxy) is 2. The van der Waals surface area contributed by atoms with E-state index in [0.29, 0.717) is 17.7 Å². The van der Waals surface area contributed by atoms with E-state index >= 15 is 0 Å². The smallest absolute Gasteiger partial charge is 0.387 e. The van der Waals surface area contributed by atoms with Gasteiger partial charge in [-0.2, -0.15) is 8.78 Å². The number of amides is 1. The molecule has 2 N–H and O–H groups in total. The van der Waals surface area contributed by atoms with E-state index in [2.05, 4.69) is 14.8 Å². The number of carbonyl (C=O) groups is 1. The molecular formula is C22H22F2N2O6S. The van der Waals surface area contributed by atoms with Crippen LogP contribution >= 0.6 is 0 Å². The first-order valence-corrected chi connectivity index (χ1v) is 11.3. The van der Waals surface area contributed by atoms with Crippen molar-refractivity contribution in [1.29, 1.82) is 0 Å². The molecule has 11 heteroatoms. The Balaban J connectivity index is 1.54. The maximum absolute atomic E-state index is 12.5. The number of furan rings is 1. The van der Waals surface area contributed by atoms with Crippen molar-refractivity contribution in [2.45, 2.75) is 24.5 Å². The molecule has 1 heterocycles. The summed E-state index contributed by atoms with van der Waals surface area (Å²) < 4.78 is 66.7. The first-order chi connectivity index (χ1) is 15.8. The third kappa shape index (κ3) is 6.77. The van der Waals surface area contributed by atoms with E-state index in [9.17, 15) is 22.0 Å². The molecular weight excluding hydrogens is 458 g/mol. The predicted molar refractivity (Wildman–Crippen MR) is 115 cm³/mol. The Morgan fingerprint density at radius 2 is 1.85 bits per heavy atom. The highest BCUT2D eigenvalue weighted by molar-refractivity contribution is 7.89. The molecule has 0 aliphatic heterocycles. The van der Waals surface area contributed by atoms with Crippen LogP contribution in [-0.2, 0) is 23.0 Å². The van der Waals surface area contributed by atoms with Gasteiger partial charge in [-0.25, -0.2) is 13.1 Å². The monoisotopic (exact) mass is 480 g/mol. The van der Waals surface area contributed by atoms with Crippen molar-refractivity contribution in [3.05, 3.63) is 77.7 Å². The fourth-order valence-electron chi connectivity index (χ4n) is 2.94. The van der Waals surface area contributed by atoms with Gasteiger partial charge in [-0.1, -0.05) is 6.07 Å². The second-order valence-corrected chi connectivity index (χ2v) is 8.56. The fraction of sp³-hybridized carbons (Fsp3) is 0.227. The lowest BCUT2D eigenvalue weighted by Crippen LogP contribution is -2.26. The summed E-state index contributed by atoms with van der Waals surface area (Å²) in [6, 6.07) is 13.4. The SMILES string of the molecule is COc1ccc(CCNC(=O)c2ccc(S(=O)(=O)NCc3ccco3)cc2)cc1OC(F)F. The predicted octanol–water partition coefficient (Wildman–Crippen LogP) is 3.34. The topological polar surface area (TPSA) is 107 Å². The van der Waals surface area contributed by atoms with Gasteiger partial charge < -0.3 is 19.2 Å². The summed E-state index contributed by atoms with van der Waals surface area (Å²) in [4.78, 5) is 12.4. The van der Waals surface area contributed by atoms with E-state index in [1.54, 1.807) is 18.2 Å². The van der Waals surface area contributed by atoms with Crippen molar-refractivity contribution < 1.29 is 35.9 Å². The second kappa shape index (κ2) is 10.9. The normalized spacial score (nSPS) is 11.4. The summed E-state index contributed by atoms with van der Waals surface area (Å²) >= 11 is 0. The highest BCUT2D eigenvalue weighted by Gasteiger charge is 2.16. The lowest BCUT2D eigenvalue weighted by molar-refractivity contribution is -0.0512. The van der Waals surface area contributed by atoms with E-state index in [1.807, 2.05) is 0 Å². The van der Waals surface area contributed by atoms with Gasteiger partial charge >= 0.3 is 6.61 Å². The molecule has 0 fully saturated rings. The number of methoxy groups -OCH3 is 1. The quantitative estimate of drug-likeness (QED) is 0.436. The molecule has 3 aromatic rings. The van der Waals surface area contributed by atoms with Gasteiger partial charge in [-0.3, -0.25) is 4.79 Å². The van der Waals surface area contributed by atoms with Crippen LogP contribution in [0.4, 0.5) is 8.78 Å². The lowest BCUT2D eigenvalue weighted by Gasteiger charge is -2.12. The Bertz CT molecular complexity index is 1170. The number of rotatable bonds is 11. The van der Waals surface area contributed by atoms with Gasteiger partial charge in [-0.15, -0.1) is 0 Å². The number of sulfonamides is 1. The Morgan fingerprint density at radius 3 is 2.48 bits per heavy atom. The molecule has 0 spiro atoms. The minimum atomic E-state index is -3.77. The van der Waals surface area contributed by atoms with Gasteiger partial charge in [0.15, 0.2) is 11.5 Å². The van der Waals surface area contributed by atoms with Gasteiger partial charge in [0.1, 0.15) is 5.76 Å². The lowest BCUT2D eigenvalue weighted by atomic mass is 10.1. The van der Waals surface area contributed by atoms with Crippen LogP contribution < -0.4 is 19.5 Å². The Labute approximate surface area is 189 Å². The molecule has 8 nitrogen and oxygen atoms in total. The first-order valence-electron chi connectivity index (χ1n) is 9.80. The van der Waals surface area contributed by atoms with Crippen molar-refractivity contribution in [2.24, 2.45) is 0 Å². The minimum Gasteiger partial charge on any atom is -0.493 e. The van der Waals surface area contributed by atoms with Gasteiger partial charge in [0.25, 0.3) is 5.91 Å². The summed E-state index contributed by atoms with van der Waals surface area (Å²) in [5.41, 5.74) is 0.937. The van der Waals surface area contributed by atoms with Crippen molar-refractivity contribution in [1.82, 2.24) is 10.0 Å². The van der Waals surface area contributed by atoms with Crippen LogP contribution in [0.1, 0.15) is 21.7 Å². The van der Waals surface area contributed by atoms with Crippen LogP contribution in [0.5, 0.6) is 11.5 Å². The average molecular weight is 480 g/mol. The van der Waals surface area contributed by atoms with Crippen LogP contribution in [0.2, 0.25) is 0 Å². The van der Waals surface area contributed by atoms with Crippen LogP contribution in [-0.4, -0.2) is 34.6 Å². The van der Waals surface area contributed by atoms with Gasteiger partial charge in [0.2, 0.25) is 10.0 Å². The molecule has 0 unspecified atom stereocenters. The van der Waals surface area contributed by atoms with Crippen LogP contribution in [0, 0.1) is 0 Å². The first kappa shape index (κ1) is 24.2. The second-order valence-electron chi connectivity index (χ2n) is 6.80. The third-order valence-electron chi connectivity index (χ3n) is 4.59. The molecule has 176 valence electrons. The van der Waals surface area contributed by atoms with Crippen molar-refractivity contribution in [2.75, 3.05) is 13.7 Å². The largest absolute Gasteiger partial charge is 0.493 e. The standard InChI is InChI=1S/C22H22F2N2O6S/c1-30-19-9-4-15(13-20(19)32-22(23)24)10-11-25-21(27)16-5-7-18(8-6-16)33(28,29)26-14-17-3-2-12-31-17/h2-9,12-13,22,26H,10-11,14H2,1H3,(H,25,27). The average Bonchev–Trinajstić information content (AvgIpc) is 3.31. The molecule has 3 rings (SSSR count). The maximum atomic E-state index is 12.5. The summed E-state index contributed by atoms with van der Waals surface area (Å²) in [5, 5.41) is 2.70. The van der Waals surface area contributed by atoms with Crippen LogP contribution in [0.15, 0.2) is 70.2 Å². The number of hydrogen-bond acceptors (Lipinski definition) is 6. The van der Waals surface area contributed by atoms with E-state index in [4.69, 9.17) is 9.15 Å². The van der Waals surface area contributed by atoms with Crippen LogP contribution in [0.3, 0.4) is 0 Å². The minimum absolute atomic E-state index is 0.00694. The molecule has 0 bridgehead atoms. The molecule has 0 aliphatic carbocycles. The van der Waals surface area contributed by atoms with Gasteiger partial charge in [-0.05, 0) is 60.5 Å². The molecule has 0 saturated carbocycles. The molecule has 0 radical (unpaired) electrons.